The zero-order valence-electron chi connectivity index (χ0n) is 44.5. The molecule has 14 rings (SSSR count). The summed E-state index contributed by atoms with van der Waals surface area (Å²) in [6, 6.07) is 39.0. The van der Waals surface area contributed by atoms with Crippen molar-refractivity contribution in [3.63, 3.8) is 0 Å². The van der Waals surface area contributed by atoms with Crippen molar-refractivity contribution in [2.75, 3.05) is 12.3 Å². The highest BCUT2D eigenvalue weighted by Gasteiger charge is 2.05. The average Bonchev–Trinajstić information content (AvgIpc) is 4.39. The van der Waals surface area contributed by atoms with Crippen LogP contribution in [-0.4, -0.2) is 133 Å². The number of benzene rings is 4. The molecule has 40 heteroatoms. The van der Waals surface area contributed by atoms with E-state index >= 15 is 0 Å². The Labute approximate surface area is 567 Å². The number of fused-ring (bicyclic) bond motifs is 4. The van der Waals surface area contributed by atoms with E-state index in [1.807, 2.05) is 115 Å². The first-order chi connectivity index (χ1) is 42.1. The second-order valence-electron chi connectivity index (χ2n) is 15.6. The minimum atomic E-state index is -3.11. The number of hydrogen-bond donors (Lipinski definition) is 15. The molecule has 2 aliphatic heterocycles. The van der Waals surface area contributed by atoms with Crippen LogP contribution in [0.3, 0.4) is 0 Å². The Morgan fingerprint density at radius 2 is 1.18 bits per heavy atom. The molecule has 0 spiro atoms. The van der Waals surface area contributed by atoms with Crippen LogP contribution >= 0.6 is 169 Å². The van der Waals surface area contributed by atoms with Crippen LogP contribution in [0.5, 0.6) is 0 Å². The van der Waals surface area contributed by atoms with Gasteiger partial charge in [-0.25, -0.2) is 14.7 Å². The Hall–Kier alpha value is -7.13. The van der Waals surface area contributed by atoms with Crippen molar-refractivity contribution in [3.8, 4) is 0 Å². The Balaban J connectivity index is 0.000000209. The normalized spacial score (nSPS) is 11.9. The minimum Gasteiger partial charge on any atom is -0.480 e. The second-order valence-corrected chi connectivity index (χ2v) is 24.6. The zero-order valence-corrected chi connectivity index (χ0v) is 56.7. The highest BCUT2D eigenvalue weighted by Crippen LogP contribution is 2.18. The number of aliphatic imine (C=N–C) groups is 1. The molecule has 0 saturated carbocycles. The van der Waals surface area contributed by atoms with Crippen molar-refractivity contribution in [2.24, 2.45) is 10.7 Å². The van der Waals surface area contributed by atoms with Gasteiger partial charge in [0.25, 0.3) is 4.84 Å². The van der Waals surface area contributed by atoms with Gasteiger partial charge >= 0.3 is 16.6 Å². The summed E-state index contributed by atoms with van der Waals surface area (Å²) in [5.74, 6) is 0.167. The number of thiocarbonyl (C=S) groups is 2. The van der Waals surface area contributed by atoms with E-state index in [0.29, 0.717) is 32.2 Å². The molecule has 2 aliphatic rings. The number of tetrazole rings is 1. The topological polar surface area (TPSA) is 381 Å². The number of thioether (sulfide) groups is 1. The molecule has 0 aliphatic carbocycles. The number of carbonyl (C=O) groups is 1. The molecule has 1 saturated heterocycles. The third-order valence-electron chi connectivity index (χ3n) is 9.29. The molecule has 1 unspecified atom stereocenters. The van der Waals surface area contributed by atoms with Crippen LogP contribution in [0.25, 0.3) is 43.4 Å². The van der Waals surface area contributed by atoms with Crippen molar-refractivity contribution in [3.05, 3.63) is 180 Å². The highest BCUT2D eigenvalue weighted by atomic mass is 32.2. The summed E-state index contributed by atoms with van der Waals surface area (Å²) in [5.41, 5.74) is 12.4. The van der Waals surface area contributed by atoms with Crippen LogP contribution in [0.15, 0.2) is 149 Å². The second kappa shape index (κ2) is 41.2. The number of carboxylic acid groups (broad SMARTS) is 1. The smallest absolute Gasteiger partial charge is 0.425 e. The number of oxazole rings is 1. The fourth-order valence-electron chi connectivity index (χ4n) is 5.83. The van der Waals surface area contributed by atoms with E-state index in [2.05, 4.69) is 129 Å². The van der Waals surface area contributed by atoms with Crippen LogP contribution in [0, 0.1) is 40.4 Å². The van der Waals surface area contributed by atoms with Gasteiger partial charge in [0, 0.05) is 37.1 Å². The fourth-order valence-corrected chi connectivity index (χ4v) is 10.3. The lowest BCUT2D eigenvalue weighted by atomic mass is 10.3. The third kappa shape index (κ3) is 31.2. The summed E-state index contributed by atoms with van der Waals surface area (Å²) in [6.45, 7) is 0.829. The molecular formula is C48H47N19O6S15. The molecule has 25 nitrogen and oxygen atoms in total. The standard InChI is InChI=1S/2C7H6N2S.C7H5NOS.C7H5NS2.C5H5NS.C4H4N2S.C3H4N4O2S.C3H5N3S.C3H5NS2.C2H2N2S3.O3S/c3*10-7-8-5-3-1-2-4-6(5)9-7;9-7-8-5-3-1-2-4-6(5)10-7;7-5-3-1-2-4-6-5;7-4-5-2-1-3-6-4;8-2(9)1-7-3(10)4-5-6-7;4-2-1-5-3(7)6-2;5-3-4-1-2-6-3;5-1-3-4-2(6)7-1;1-4(2)3/h2*1-4H,(H2,8,9,10);1-4H,(H,8,10);1-4H,(H,8,9);1-4H,(H,6,7);1-3H,(H,5,6,7);1H2,(H,8,9)(H,4,6,10);1-2H,4H2,(H,6,7);1-2H2,(H,4,5);(H,3,5)(H,4,6);. The van der Waals surface area contributed by atoms with Gasteiger partial charge in [-0.3, -0.25) is 15.0 Å². The molecule has 1 atom stereocenters. The number of nitrogens with two attached hydrogens (primary N) is 1. The summed E-state index contributed by atoms with van der Waals surface area (Å²) in [4.78, 5) is 41.6. The van der Waals surface area contributed by atoms with Crippen molar-refractivity contribution in [1.29, 1.82) is 0 Å². The molecule has 8 aromatic heterocycles. The van der Waals surface area contributed by atoms with Crippen molar-refractivity contribution in [2.45, 2.75) is 12.7 Å². The lowest BCUT2D eigenvalue weighted by Crippen LogP contribution is -2.35. The highest BCUT2D eigenvalue weighted by molar-refractivity contribution is 8.23. The Morgan fingerprint density at radius 3 is 1.52 bits per heavy atom. The van der Waals surface area contributed by atoms with Crippen LogP contribution in [-0.2, 0) is 21.9 Å². The number of H-pyrrole nitrogens is 11. The third-order valence-corrected chi connectivity index (χ3v) is 14.7. The molecular weight excluding hydrogens is 1420 g/mol. The van der Waals surface area contributed by atoms with Crippen molar-refractivity contribution >= 4 is 244 Å². The van der Waals surface area contributed by atoms with Crippen molar-refractivity contribution in [1.82, 2.24) is 85.9 Å². The van der Waals surface area contributed by atoms with Crippen molar-refractivity contribution < 1.29 is 26.9 Å². The number of pyridine rings is 1. The Morgan fingerprint density at radius 1 is 0.648 bits per heavy atom. The van der Waals surface area contributed by atoms with Gasteiger partial charge in [-0.15, -0.1) is 24.0 Å². The number of imidazole rings is 2. The van der Waals surface area contributed by atoms with E-state index in [1.165, 1.54) is 16.0 Å². The molecule has 1 fully saturated rings. The number of aliphatic carboxylic acids is 1. The van der Waals surface area contributed by atoms with Gasteiger partial charge in [-0.1, -0.05) is 112 Å². The Kier molecular flexibility index (Phi) is 34.3. The summed E-state index contributed by atoms with van der Waals surface area (Å²) >= 11 is 57.0. The largest absolute Gasteiger partial charge is 0.480 e. The van der Waals surface area contributed by atoms with E-state index in [0.717, 1.165) is 68.6 Å². The molecule has 10 heterocycles. The minimum absolute atomic E-state index is 0.141. The lowest BCUT2D eigenvalue weighted by Gasteiger charge is -1.95. The number of aromatic amines is 11. The summed E-state index contributed by atoms with van der Waals surface area (Å²) < 4.78 is 38.9. The molecule has 12 aromatic rings. The van der Waals surface area contributed by atoms with E-state index in [-0.39, 0.29) is 17.5 Å². The van der Waals surface area contributed by atoms with E-state index < -0.39 is 16.6 Å². The molecule has 16 N–H and O–H groups in total. The van der Waals surface area contributed by atoms with Crippen LogP contribution in [0.1, 0.15) is 0 Å². The number of para-hydroxylation sites is 7. The lowest BCUT2D eigenvalue weighted by molar-refractivity contribution is -0.137. The van der Waals surface area contributed by atoms with Gasteiger partial charge in [0.1, 0.15) is 21.7 Å². The number of nitrogens with zero attached hydrogens (tertiary/aromatic N) is 5. The first-order valence-electron chi connectivity index (χ1n) is 24.0. The van der Waals surface area contributed by atoms with Gasteiger partial charge in [0.2, 0.25) is 4.77 Å². The maximum Gasteiger partial charge on any atom is 0.425 e. The zero-order chi connectivity index (χ0) is 64.2. The fraction of sp³-hybridized carbons (Fsp3) is 0.0833. The number of thiazole rings is 1. The number of nitrogens with one attached hydrogen (secondary N) is 13. The maximum absolute atomic E-state index is 10.1. The van der Waals surface area contributed by atoms with E-state index in [1.54, 1.807) is 47.8 Å². The van der Waals surface area contributed by atoms with E-state index in [4.69, 9.17) is 126 Å². The Bertz CT molecular complexity index is 4250. The number of hydrogen-bond acceptors (Lipinski definition) is 23. The van der Waals surface area contributed by atoms with Crippen LogP contribution in [0.4, 0.5) is 0 Å². The van der Waals surface area contributed by atoms with Gasteiger partial charge in [-0.2, -0.15) is 5.21 Å². The molecule has 0 bridgehead atoms. The monoisotopic (exact) mass is 1460 g/mol. The summed E-state index contributed by atoms with van der Waals surface area (Å²) in [5, 5.41) is 28.8. The van der Waals surface area contributed by atoms with Gasteiger partial charge < -0.3 is 65.8 Å². The number of rotatable bonds is 2. The quantitative estimate of drug-likeness (QED) is 0.0715. The molecule has 0 amide bonds. The van der Waals surface area contributed by atoms with Crippen LogP contribution in [0.2, 0.25) is 0 Å². The van der Waals surface area contributed by atoms with E-state index in [9.17, 15) is 4.79 Å². The molecule has 4 aromatic carbocycles. The summed E-state index contributed by atoms with van der Waals surface area (Å²) in [7, 11) is -3.11. The maximum atomic E-state index is 10.1. The average molecular weight is 1470 g/mol. The predicted octanol–water partition coefficient (Wildman–Crippen LogP) is 12.9. The molecule has 0 radical (unpaired) electrons. The number of carboxylic acids is 1. The first-order valence-corrected chi connectivity index (χ1v) is 32.1. The first kappa shape index (κ1) is 73.3. The van der Waals surface area contributed by atoms with Crippen LogP contribution < -0.4 is 16.4 Å². The SMILES string of the molecule is NC1C=NC(=S)N1.O=C(O)Cn1[nH]nnc1=S.O=S(=O)=O.S=C1NCCS1.S=c1[nH][nH]c(=S)s1.S=c1[nH]c2ccccc2[nH]1.S=c1[nH]c2ccccc2[nH]1.S=c1[nH]c2ccccc2o1.S=c1[nH]c2ccccc2s1.S=c1cccc[nH]1.S=c1nccc[nH]1. The summed E-state index contributed by atoms with van der Waals surface area (Å²) in [6.07, 6.45) is 6.62. The number of aromatic nitrogens is 15. The molecule has 460 valence electrons. The molecule has 88 heavy (non-hydrogen) atoms. The predicted molar refractivity (Wildman–Crippen MR) is 379 cm³/mol. The van der Waals surface area contributed by atoms with Gasteiger partial charge in [-0.05, 0) is 177 Å². The van der Waals surface area contributed by atoms with Gasteiger partial charge in [0.15, 0.2) is 36.9 Å². The van der Waals surface area contributed by atoms with Gasteiger partial charge in [0.05, 0.1) is 37.8 Å².